The molecule has 3 aromatic rings. The molecule has 0 saturated heterocycles. The Hall–Kier alpha value is -3.61. The Kier molecular flexibility index (Phi) is 6.74. The molecule has 0 atom stereocenters. The summed E-state index contributed by atoms with van der Waals surface area (Å²) in [4.78, 5) is 24.5. The molecule has 0 unspecified atom stereocenters. The van der Waals surface area contributed by atoms with Gasteiger partial charge in [-0.15, -0.1) is 0 Å². The maximum absolute atomic E-state index is 12.3. The molecular formula is C24H26N2O5. The minimum atomic E-state index is -0.579. The number of carbonyl (C=O) groups is 2. The summed E-state index contributed by atoms with van der Waals surface area (Å²) in [5, 5.41) is 6.70. The Bertz CT molecular complexity index is 1060. The van der Waals surface area contributed by atoms with Crippen LogP contribution in [0.15, 0.2) is 40.9 Å². The molecule has 0 saturated carbocycles. The number of carbonyl (C=O) groups excluding carboxylic acids is 2. The van der Waals surface area contributed by atoms with E-state index in [2.05, 4.69) is 10.5 Å². The van der Waals surface area contributed by atoms with E-state index in [9.17, 15) is 9.59 Å². The van der Waals surface area contributed by atoms with Crippen molar-refractivity contribution in [1.82, 2.24) is 5.16 Å². The summed E-state index contributed by atoms with van der Waals surface area (Å²) >= 11 is 0. The van der Waals surface area contributed by atoms with Gasteiger partial charge in [-0.3, -0.25) is 4.79 Å². The van der Waals surface area contributed by atoms with Crippen LogP contribution in [0.1, 0.15) is 44.1 Å². The number of nitrogens with zero attached hydrogens (tertiary/aromatic N) is 1. The topological polar surface area (TPSA) is 90.7 Å². The van der Waals surface area contributed by atoms with Crippen molar-refractivity contribution in [3.8, 4) is 5.75 Å². The second-order valence-corrected chi connectivity index (χ2v) is 7.51. The molecule has 0 aliphatic rings. The predicted molar refractivity (Wildman–Crippen MR) is 116 cm³/mol. The van der Waals surface area contributed by atoms with Gasteiger partial charge in [0.25, 0.3) is 5.91 Å². The fraction of sp³-hybridized carbons (Fsp3) is 0.292. The van der Waals surface area contributed by atoms with Crippen LogP contribution in [-0.2, 0) is 16.1 Å². The molecule has 1 heterocycles. The summed E-state index contributed by atoms with van der Waals surface area (Å²) < 4.78 is 16.0. The molecule has 7 nitrogen and oxygen atoms in total. The third-order valence-corrected chi connectivity index (χ3v) is 4.93. The minimum Gasteiger partial charge on any atom is -0.489 e. The van der Waals surface area contributed by atoms with Crippen LogP contribution >= 0.6 is 0 Å². The maximum atomic E-state index is 12.3. The van der Waals surface area contributed by atoms with E-state index >= 15 is 0 Å². The second kappa shape index (κ2) is 9.47. The van der Waals surface area contributed by atoms with E-state index in [0.717, 1.165) is 33.6 Å². The smallest absolute Gasteiger partial charge is 0.338 e. The number of hydrogen-bond acceptors (Lipinski definition) is 6. The van der Waals surface area contributed by atoms with Crippen molar-refractivity contribution in [2.24, 2.45) is 0 Å². The van der Waals surface area contributed by atoms with Crippen LogP contribution in [-0.4, -0.2) is 23.6 Å². The molecule has 7 heteroatoms. The predicted octanol–water partition coefficient (Wildman–Crippen LogP) is 4.59. The van der Waals surface area contributed by atoms with Crippen molar-refractivity contribution in [3.05, 3.63) is 75.7 Å². The van der Waals surface area contributed by atoms with Gasteiger partial charge in [-0.05, 0) is 70.0 Å². The van der Waals surface area contributed by atoms with E-state index < -0.39 is 5.97 Å². The summed E-state index contributed by atoms with van der Waals surface area (Å²) in [6.45, 7) is 9.49. The first kappa shape index (κ1) is 22.1. The van der Waals surface area contributed by atoms with Gasteiger partial charge >= 0.3 is 5.97 Å². The summed E-state index contributed by atoms with van der Waals surface area (Å²) in [6.07, 6.45) is 0. The van der Waals surface area contributed by atoms with Gasteiger partial charge in [0.05, 0.1) is 16.8 Å². The Morgan fingerprint density at radius 2 is 1.65 bits per heavy atom. The lowest BCUT2D eigenvalue weighted by atomic mass is 10.1. The molecule has 31 heavy (non-hydrogen) atoms. The molecular weight excluding hydrogens is 396 g/mol. The number of hydrogen-bond donors (Lipinski definition) is 1. The Balaban J connectivity index is 1.52. The first-order valence-electron chi connectivity index (χ1n) is 9.94. The van der Waals surface area contributed by atoms with Crippen LogP contribution in [0.25, 0.3) is 0 Å². The zero-order valence-corrected chi connectivity index (χ0v) is 18.4. The van der Waals surface area contributed by atoms with Gasteiger partial charge in [0, 0.05) is 5.69 Å². The molecule has 0 aliphatic heterocycles. The number of anilines is 1. The summed E-state index contributed by atoms with van der Waals surface area (Å²) in [6, 6.07) is 10.5. The van der Waals surface area contributed by atoms with Crippen LogP contribution in [0.2, 0.25) is 0 Å². The number of rotatable bonds is 7. The van der Waals surface area contributed by atoms with Gasteiger partial charge in [0.1, 0.15) is 18.1 Å². The standard InChI is InChI=1S/C24H26N2O5/c1-14-10-15(2)23(16(3)11-14)25-22(27)13-30-24(28)19-6-8-20(9-7-19)29-12-21-17(4)26-31-18(21)5/h6-11H,12-13H2,1-5H3,(H,25,27). The van der Waals surface area contributed by atoms with Crippen LogP contribution in [0.3, 0.4) is 0 Å². The average molecular weight is 422 g/mol. The lowest BCUT2D eigenvalue weighted by molar-refractivity contribution is -0.119. The van der Waals surface area contributed by atoms with Crippen molar-refractivity contribution >= 4 is 17.6 Å². The lowest BCUT2D eigenvalue weighted by Crippen LogP contribution is -2.22. The first-order chi connectivity index (χ1) is 14.7. The molecule has 0 fully saturated rings. The molecule has 0 radical (unpaired) electrons. The largest absolute Gasteiger partial charge is 0.489 e. The number of benzene rings is 2. The van der Waals surface area contributed by atoms with Gasteiger partial charge in [-0.25, -0.2) is 4.79 Å². The van der Waals surface area contributed by atoms with Gasteiger partial charge in [0.2, 0.25) is 0 Å². The number of nitrogens with one attached hydrogen (secondary N) is 1. The Morgan fingerprint density at radius 3 is 2.23 bits per heavy atom. The number of aryl methyl sites for hydroxylation is 5. The number of esters is 1. The second-order valence-electron chi connectivity index (χ2n) is 7.51. The van der Waals surface area contributed by atoms with Crippen molar-refractivity contribution in [1.29, 1.82) is 0 Å². The molecule has 1 N–H and O–H groups in total. The van der Waals surface area contributed by atoms with Gasteiger partial charge in [-0.2, -0.15) is 0 Å². The van der Waals surface area contributed by atoms with E-state index in [1.165, 1.54) is 0 Å². The SMILES string of the molecule is Cc1cc(C)c(NC(=O)COC(=O)c2ccc(OCc3c(C)noc3C)cc2)c(C)c1. The van der Waals surface area contributed by atoms with Crippen molar-refractivity contribution in [2.45, 2.75) is 41.2 Å². The third kappa shape index (κ3) is 5.51. The van der Waals surface area contributed by atoms with Crippen LogP contribution < -0.4 is 10.1 Å². The van der Waals surface area contributed by atoms with Crippen molar-refractivity contribution < 1.29 is 23.6 Å². The third-order valence-electron chi connectivity index (χ3n) is 4.93. The summed E-state index contributed by atoms with van der Waals surface area (Å²) in [5.74, 6) is 0.346. The molecule has 2 aromatic carbocycles. The molecule has 1 amide bonds. The minimum absolute atomic E-state index is 0.322. The molecule has 0 spiro atoms. The molecule has 3 rings (SSSR count). The monoisotopic (exact) mass is 422 g/mol. The molecule has 162 valence electrons. The summed E-state index contributed by atoms with van der Waals surface area (Å²) in [5.41, 5.74) is 5.81. The highest BCUT2D eigenvalue weighted by Crippen LogP contribution is 2.22. The maximum Gasteiger partial charge on any atom is 0.338 e. The fourth-order valence-electron chi connectivity index (χ4n) is 3.32. The van der Waals surface area contributed by atoms with Gasteiger partial charge in [-0.1, -0.05) is 22.9 Å². The van der Waals surface area contributed by atoms with E-state index in [0.29, 0.717) is 23.7 Å². The highest BCUT2D eigenvalue weighted by Gasteiger charge is 2.13. The van der Waals surface area contributed by atoms with Crippen LogP contribution in [0.4, 0.5) is 5.69 Å². The van der Waals surface area contributed by atoms with Crippen molar-refractivity contribution in [3.63, 3.8) is 0 Å². The number of ether oxygens (including phenoxy) is 2. The van der Waals surface area contributed by atoms with Gasteiger partial charge in [0.15, 0.2) is 6.61 Å². The Labute approximate surface area is 181 Å². The van der Waals surface area contributed by atoms with Crippen molar-refractivity contribution in [2.75, 3.05) is 11.9 Å². The number of amides is 1. The van der Waals surface area contributed by atoms with Gasteiger partial charge < -0.3 is 19.3 Å². The molecule has 1 aromatic heterocycles. The van der Waals surface area contributed by atoms with E-state index in [1.807, 2.05) is 46.8 Å². The lowest BCUT2D eigenvalue weighted by Gasteiger charge is -2.13. The number of aromatic nitrogens is 1. The Morgan fingerprint density at radius 1 is 1.00 bits per heavy atom. The highest BCUT2D eigenvalue weighted by atomic mass is 16.5. The van der Waals surface area contributed by atoms with Crippen LogP contribution in [0, 0.1) is 34.6 Å². The normalized spacial score (nSPS) is 10.6. The summed E-state index contributed by atoms with van der Waals surface area (Å²) in [7, 11) is 0. The molecule has 0 bridgehead atoms. The fourth-order valence-corrected chi connectivity index (χ4v) is 3.32. The van der Waals surface area contributed by atoms with E-state index in [1.54, 1.807) is 24.3 Å². The first-order valence-corrected chi connectivity index (χ1v) is 9.94. The molecule has 0 aliphatic carbocycles. The van der Waals surface area contributed by atoms with E-state index in [4.69, 9.17) is 14.0 Å². The highest BCUT2D eigenvalue weighted by molar-refractivity contribution is 5.96. The van der Waals surface area contributed by atoms with E-state index in [-0.39, 0.29) is 12.5 Å². The zero-order valence-electron chi connectivity index (χ0n) is 18.4. The van der Waals surface area contributed by atoms with Crippen LogP contribution in [0.5, 0.6) is 5.75 Å². The zero-order chi connectivity index (χ0) is 22.5. The average Bonchev–Trinajstić information content (AvgIpc) is 3.05. The quantitative estimate of drug-likeness (QED) is 0.560.